The summed E-state index contributed by atoms with van der Waals surface area (Å²) in [5.41, 5.74) is -0.462. The van der Waals surface area contributed by atoms with Crippen LogP contribution in [-0.4, -0.2) is 27.3 Å². The van der Waals surface area contributed by atoms with Crippen molar-refractivity contribution in [1.82, 2.24) is 4.57 Å². The number of pyridine rings is 1. The van der Waals surface area contributed by atoms with Crippen LogP contribution in [0.2, 0.25) is 0 Å². The first-order valence-electron chi connectivity index (χ1n) is 7.04. The SMILES string of the molecule is O=C1CSc2c(F)cc3c(=O)c(C(=O)O)cn(C4CC4)c3c2N1. The molecule has 1 saturated carbocycles. The Morgan fingerprint density at radius 1 is 1.39 bits per heavy atom. The number of fused-ring (bicyclic) bond motifs is 3. The van der Waals surface area contributed by atoms with E-state index in [9.17, 15) is 23.9 Å². The van der Waals surface area contributed by atoms with Crippen molar-refractivity contribution in [3.8, 4) is 0 Å². The summed E-state index contributed by atoms with van der Waals surface area (Å²) in [7, 11) is 0. The van der Waals surface area contributed by atoms with Gasteiger partial charge in [0, 0.05) is 12.2 Å². The third-order valence-electron chi connectivity index (χ3n) is 4.01. The Hall–Kier alpha value is -2.35. The first-order valence-corrected chi connectivity index (χ1v) is 8.03. The Morgan fingerprint density at radius 2 is 2.13 bits per heavy atom. The van der Waals surface area contributed by atoms with Crippen LogP contribution in [-0.2, 0) is 4.79 Å². The highest BCUT2D eigenvalue weighted by atomic mass is 32.2. The van der Waals surface area contributed by atoms with Gasteiger partial charge in [0.2, 0.25) is 11.3 Å². The first-order chi connectivity index (χ1) is 11.0. The number of nitrogens with one attached hydrogen (secondary N) is 1. The standard InChI is InChI=1S/C15H11FN2O4S/c16-9-3-7-12(11-14(9)23-5-10(19)17-11)18(6-1-2-6)4-8(13(7)20)15(21)22/h3-4,6H,1-2,5H2,(H,17,19)(H,21,22). The second kappa shape index (κ2) is 4.82. The van der Waals surface area contributed by atoms with Crippen molar-refractivity contribution in [2.24, 2.45) is 0 Å². The van der Waals surface area contributed by atoms with Crippen LogP contribution in [0, 0.1) is 5.82 Å². The molecule has 0 spiro atoms. The Kier molecular flexibility index (Phi) is 2.99. The smallest absolute Gasteiger partial charge is 0.341 e. The normalized spacial score (nSPS) is 17.0. The van der Waals surface area contributed by atoms with E-state index < -0.39 is 22.8 Å². The molecule has 23 heavy (non-hydrogen) atoms. The van der Waals surface area contributed by atoms with E-state index in [1.165, 1.54) is 6.20 Å². The molecule has 4 rings (SSSR count). The molecule has 1 aliphatic carbocycles. The van der Waals surface area contributed by atoms with Crippen LogP contribution in [0.3, 0.4) is 0 Å². The Bertz CT molecular complexity index is 949. The molecule has 8 heteroatoms. The largest absolute Gasteiger partial charge is 0.477 e. The number of aromatic carboxylic acids is 1. The van der Waals surface area contributed by atoms with Gasteiger partial charge in [-0.15, -0.1) is 11.8 Å². The zero-order valence-electron chi connectivity index (χ0n) is 11.8. The van der Waals surface area contributed by atoms with Crippen LogP contribution in [0.4, 0.5) is 10.1 Å². The minimum atomic E-state index is -1.34. The number of carbonyl (C=O) groups is 2. The van der Waals surface area contributed by atoms with Crippen molar-refractivity contribution < 1.29 is 19.1 Å². The topological polar surface area (TPSA) is 88.4 Å². The molecule has 2 heterocycles. The zero-order chi connectivity index (χ0) is 16.3. The van der Waals surface area contributed by atoms with Gasteiger partial charge in [-0.2, -0.15) is 0 Å². The van der Waals surface area contributed by atoms with Gasteiger partial charge in [0.05, 0.1) is 27.2 Å². The van der Waals surface area contributed by atoms with E-state index in [0.717, 1.165) is 30.7 Å². The summed E-state index contributed by atoms with van der Waals surface area (Å²) in [5, 5.41) is 11.8. The molecule has 2 N–H and O–H groups in total. The predicted octanol–water partition coefficient (Wildman–Crippen LogP) is 2.22. The lowest BCUT2D eigenvalue weighted by atomic mass is 10.1. The summed E-state index contributed by atoms with van der Waals surface area (Å²) in [6.07, 6.45) is 3.00. The number of anilines is 1. The van der Waals surface area contributed by atoms with E-state index in [1.54, 1.807) is 4.57 Å². The number of halogens is 1. The van der Waals surface area contributed by atoms with Gasteiger partial charge in [0.15, 0.2) is 0 Å². The lowest BCUT2D eigenvalue weighted by molar-refractivity contribution is -0.113. The fraction of sp³-hybridized carbons (Fsp3) is 0.267. The molecule has 6 nitrogen and oxygen atoms in total. The van der Waals surface area contributed by atoms with E-state index in [0.29, 0.717) is 5.52 Å². The molecule has 0 radical (unpaired) electrons. The first kappa shape index (κ1) is 14.3. The summed E-state index contributed by atoms with van der Waals surface area (Å²) < 4.78 is 16.0. The van der Waals surface area contributed by atoms with Gasteiger partial charge in [-0.1, -0.05) is 0 Å². The number of aromatic nitrogens is 1. The predicted molar refractivity (Wildman–Crippen MR) is 82.8 cm³/mol. The van der Waals surface area contributed by atoms with E-state index in [2.05, 4.69) is 5.32 Å². The molecule has 1 fully saturated rings. The molecule has 0 unspecified atom stereocenters. The molecule has 118 valence electrons. The van der Waals surface area contributed by atoms with Gasteiger partial charge in [0.1, 0.15) is 11.4 Å². The number of rotatable bonds is 2. The van der Waals surface area contributed by atoms with Gasteiger partial charge in [-0.25, -0.2) is 9.18 Å². The van der Waals surface area contributed by atoms with Gasteiger partial charge in [-0.05, 0) is 18.9 Å². The Morgan fingerprint density at radius 3 is 2.78 bits per heavy atom. The number of amides is 1. The maximum atomic E-state index is 14.3. The molecule has 2 aliphatic rings. The maximum Gasteiger partial charge on any atom is 0.341 e. The van der Waals surface area contributed by atoms with Crippen molar-refractivity contribution in [2.45, 2.75) is 23.8 Å². The number of carboxylic acids is 1. The highest BCUT2D eigenvalue weighted by Gasteiger charge is 2.31. The van der Waals surface area contributed by atoms with Crippen molar-refractivity contribution in [3.05, 3.63) is 33.9 Å². The van der Waals surface area contributed by atoms with E-state index in [4.69, 9.17) is 0 Å². The second-order valence-corrected chi connectivity index (χ2v) is 6.60. The van der Waals surface area contributed by atoms with E-state index >= 15 is 0 Å². The third kappa shape index (κ3) is 2.13. The highest BCUT2D eigenvalue weighted by molar-refractivity contribution is 8.00. The van der Waals surface area contributed by atoms with Crippen molar-refractivity contribution in [3.63, 3.8) is 0 Å². The van der Waals surface area contributed by atoms with Gasteiger partial charge >= 0.3 is 5.97 Å². The van der Waals surface area contributed by atoms with Gasteiger partial charge in [0.25, 0.3) is 0 Å². The molecule has 2 aromatic rings. The fourth-order valence-corrected chi connectivity index (χ4v) is 3.67. The number of thioether (sulfide) groups is 1. The molecule has 0 atom stereocenters. The van der Waals surface area contributed by atoms with Crippen molar-refractivity contribution in [1.29, 1.82) is 0 Å². The summed E-state index contributed by atoms with van der Waals surface area (Å²) in [6.45, 7) is 0. The number of benzene rings is 1. The Labute approximate surface area is 133 Å². The minimum absolute atomic E-state index is 0.0177. The minimum Gasteiger partial charge on any atom is -0.477 e. The van der Waals surface area contributed by atoms with E-state index in [-0.39, 0.29) is 33.7 Å². The number of hydrogen-bond acceptors (Lipinski definition) is 4. The average molecular weight is 334 g/mol. The maximum absolute atomic E-state index is 14.3. The number of hydrogen-bond donors (Lipinski definition) is 2. The molecule has 1 aromatic heterocycles. The molecule has 0 bridgehead atoms. The molecule has 1 aromatic carbocycles. The number of carboxylic acid groups (broad SMARTS) is 1. The fourth-order valence-electron chi connectivity index (χ4n) is 2.83. The van der Waals surface area contributed by atoms with Crippen LogP contribution in [0.5, 0.6) is 0 Å². The van der Waals surface area contributed by atoms with Crippen molar-refractivity contribution >= 4 is 40.2 Å². The van der Waals surface area contributed by atoms with Crippen LogP contribution < -0.4 is 10.7 Å². The average Bonchev–Trinajstić information content (AvgIpc) is 3.32. The van der Waals surface area contributed by atoms with Crippen LogP contribution >= 0.6 is 11.8 Å². The second-order valence-electron chi connectivity index (χ2n) is 5.61. The molecular weight excluding hydrogens is 323 g/mol. The summed E-state index contributed by atoms with van der Waals surface area (Å²) in [4.78, 5) is 35.7. The summed E-state index contributed by atoms with van der Waals surface area (Å²) in [5.74, 6) is -2.13. The zero-order valence-corrected chi connectivity index (χ0v) is 12.6. The van der Waals surface area contributed by atoms with Crippen LogP contribution in [0.15, 0.2) is 22.0 Å². The Balaban J connectivity index is 2.16. The molecular formula is C15H11FN2O4S. The lowest BCUT2D eigenvalue weighted by Crippen LogP contribution is -2.24. The summed E-state index contributed by atoms with van der Waals surface area (Å²) >= 11 is 1.08. The molecule has 1 aliphatic heterocycles. The highest BCUT2D eigenvalue weighted by Crippen LogP contribution is 2.43. The molecule has 0 saturated heterocycles. The lowest BCUT2D eigenvalue weighted by Gasteiger charge is -2.22. The van der Waals surface area contributed by atoms with Crippen molar-refractivity contribution in [2.75, 3.05) is 11.1 Å². The number of nitrogens with zero attached hydrogens (tertiary/aromatic N) is 1. The van der Waals surface area contributed by atoms with Gasteiger partial charge in [-0.3, -0.25) is 9.59 Å². The number of carbonyl (C=O) groups excluding carboxylic acids is 1. The van der Waals surface area contributed by atoms with Crippen LogP contribution in [0.25, 0.3) is 10.9 Å². The monoisotopic (exact) mass is 334 g/mol. The summed E-state index contributed by atoms with van der Waals surface area (Å²) in [6, 6.07) is 1.14. The quantitative estimate of drug-likeness (QED) is 0.879. The molecule has 1 amide bonds. The van der Waals surface area contributed by atoms with Crippen LogP contribution in [0.1, 0.15) is 29.2 Å². The van der Waals surface area contributed by atoms with Gasteiger partial charge < -0.3 is 15.0 Å². The van der Waals surface area contributed by atoms with E-state index in [1.807, 2.05) is 0 Å². The third-order valence-corrected chi connectivity index (χ3v) is 5.10.